The van der Waals surface area contributed by atoms with Crippen LogP contribution in [-0.4, -0.2) is 24.1 Å². The Morgan fingerprint density at radius 1 is 0.257 bits per heavy atom. The normalized spacial score (nSPS) is 11.7. The van der Waals surface area contributed by atoms with Gasteiger partial charge < -0.3 is 9.13 Å². The van der Waals surface area contributed by atoms with Crippen molar-refractivity contribution in [2.75, 3.05) is 0 Å². The first-order chi connectivity index (χ1) is 34.7. The van der Waals surface area contributed by atoms with Crippen LogP contribution in [0.25, 0.3) is 133 Å². The molecule has 0 unspecified atom stereocenters. The summed E-state index contributed by atoms with van der Waals surface area (Å²) in [4.78, 5) is 15.6. The third-order valence-electron chi connectivity index (χ3n) is 13.9. The zero-order valence-electron chi connectivity index (χ0n) is 37.9. The molecule has 0 fully saturated rings. The summed E-state index contributed by atoms with van der Waals surface area (Å²) in [5, 5.41) is 9.70. The van der Waals surface area contributed by atoms with Crippen molar-refractivity contribution in [1.29, 1.82) is 0 Å². The minimum atomic E-state index is 0.607. The molecular formula is C65H41N5. The van der Waals surface area contributed by atoms with E-state index >= 15 is 0 Å². The van der Waals surface area contributed by atoms with Crippen LogP contribution in [0.5, 0.6) is 0 Å². The lowest BCUT2D eigenvalue weighted by Crippen LogP contribution is -2.01. The van der Waals surface area contributed by atoms with E-state index in [1.807, 2.05) is 12.1 Å². The van der Waals surface area contributed by atoms with E-state index in [9.17, 15) is 0 Å². The fourth-order valence-electron chi connectivity index (χ4n) is 10.7. The summed E-state index contributed by atoms with van der Waals surface area (Å²) in [6.07, 6.45) is 0. The molecule has 0 atom stereocenters. The van der Waals surface area contributed by atoms with Crippen molar-refractivity contribution in [2.24, 2.45) is 0 Å². The summed E-state index contributed by atoms with van der Waals surface area (Å²) in [7, 11) is 0. The average Bonchev–Trinajstić information content (AvgIpc) is 3.96. The smallest absolute Gasteiger partial charge is 0.164 e. The van der Waals surface area contributed by atoms with Crippen LogP contribution in [0.15, 0.2) is 249 Å². The summed E-state index contributed by atoms with van der Waals surface area (Å²) >= 11 is 0. The van der Waals surface area contributed by atoms with Crippen LogP contribution in [0.2, 0.25) is 0 Å². The summed E-state index contributed by atoms with van der Waals surface area (Å²) in [5.74, 6) is 1.84. The predicted molar refractivity (Wildman–Crippen MR) is 291 cm³/mol. The van der Waals surface area contributed by atoms with Crippen LogP contribution in [0, 0.1) is 0 Å². The molecule has 0 aliphatic heterocycles. The van der Waals surface area contributed by atoms with Crippen molar-refractivity contribution in [3.05, 3.63) is 249 Å². The molecule has 70 heavy (non-hydrogen) atoms. The van der Waals surface area contributed by atoms with Crippen LogP contribution in [-0.2, 0) is 0 Å². The summed E-state index contributed by atoms with van der Waals surface area (Å²) in [6, 6.07) is 88.8. The SMILES string of the molecule is c1ccc(-c2cccc(-c3nc(-c4ccc(-n5c6ccccc6c6c(-n7c8ccccc8c8ccc9ccccc9c87)c7ccccc7cc65)cc4)nc(-c4cccc(-c5ccccc5)c4)n3)c2)cc1. The van der Waals surface area contributed by atoms with Gasteiger partial charge in [0.15, 0.2) is 17.5 Å². The van der Waals surface area contributed by atoms with Gasteiger partial charge in [-0.2, -0.15) is 0 Å². The van der Waals surface area contributed by atoms with E-state index in [1.165, 1.54) is 59.8 Å². The summed E-state index contributed by atoms with van der Waals surface area (Å²) in [5.41, 5.74) is 14.1. The van der Waals surface area contributed by atoms with E-state index < -0.39 is 0 Å². The molecule has 0 aliphatic carbocycles. The van der Waals surface area contributed by atoms with Gasteiger partial charge in [0.2, 0.25) is 0 Å². The van der Waals surface area contributed by atoms with E-state index in [1.54, 1.807) is 0 Å². The molecule has 0 aliphatic rings. The van der Waals surface area contributed by atoms with Crippen LogP contribution in [0.3, 0.4) is 0 Å². The van der Waals surface area contributed by atoms with E-state index in [0.29, 0.717) is 17.5 Å². The molecule has 0 saturated carbocycles. The molecule has 0 bridgehead atoms. The molecule has 14 aromatic rings. The lowest BCUT2D eigenvalue weighted by atomic mass is 10.0. The second-order valence-electron chi connectivity index (χ2n) is 18.0. The number of nitrogens with zero attached hydrogens (tertiary/aromatic N) is 5. The van der Waals surface area contributed by atoms with Crippen LogP contribution in [0.4, 0.5) is 0 Å². The molecule has 0 amide bonds. The Kier molecular flexibility index (Phi) is 9.14. The first-order valence-corrected chi connectivity index (χ1v) is 23.8. The quantitative estimate of drug-likeness (QED) is 0.160. The van der Waals surface area contributed by atoms with Gasteiger partial charge in [-0.25, -0.2) is 15.0 Å². The molecule has 326 valence electrons. The second kappa shape index (κ2) is 16.1. The number of aromatic nitrogens is 5. The number of hydrogen-bond donors (Lipinski definition) is 0. The van der Waals surface area contributed by atoms with E-state index in [0.717, 1.165) is 55.7 Å². The molecule has 0 N–H and O–H groups in total. The fourth-order valence-corrected chi connectivity index (χ4v) is 10.7. The van der Waals surface area contributed by atoms with Gasteiger partial charge in [-0.3, -0.25) is 0 Å². The summed E-state index contributed by atoms with van der Waals surface area (Å²) in [6.45, 7) is 0. The monoisotopic (exact) mass is 891 g/mol. The molecule has 5 heteroatoms. The van der Waals surface area contributed by atoms with Gasteiger partial charge in [-0.15, -0.1) is 0 Å². The van der Waals surface area contributed by atoms with E-state index in [2.05, 4.69) is 246 Å². The number of rotatable bonds is 7. The molecule has 5 nitrogen and oxygen atoms in total. The van der Waals surface area contributed by atoms with E-state index in [4.69, 9.17) is 15.0 Å². The Balaban J connectivity index is 0.967. The third kappa shape index (κ3) is 6.44. The molecule has 14 rings (SSSR count). The Hall–Kier alpha value is -9.45. The summed E-state index contributed by atoms with van der Waals surface area (Å²) < 4.78 is 4.96. The van der Waals surface area contributed by atoms with Crippen LogP contribution >= 0.6 is 0 Å². The van der Waals surface area contributed by atoms with Crippen molar-refractivity contribution in [3.8, 4) is 67.8 Å². The molecule has 11 aromatic carbocycles. The predicted octanol–water partition coefficient (Wildman–Crippen LogP) is 16.7. The van der Waals surface area contributed by atoms with Gasteiger partial charge in [0.1, 0.15) is 0 Å². The Bertz CT molecular complexity index is 4240. The highest BCUT2D eigenvalue weighted by Crippen LogP contribution is 2.45. The maximum Gasteiger partial charge on any atom is 0.164 e. The first-order valence-electron chi connectivity index (χ1n) is 23.8. The van der Waals surface area contributed by atoms with Gasteiger partial charge in [0, 0.05) is 54.7 Å². The Morgan fingerprint density at radius 2 is 0.743 bits per heavy atom. The van der Waals surface area contributed by atoms with Gasteiger partial charge in [-0.05, 0) is 87.6 Å². The van der Waals surface area contributed by atoms with Crippen molar-refractivity contribution in [2.45, 2.75) is 0 Å². The van der Waals surface area contributed by atoms with Crippen molar-refractivity contribution in [1.82, 2.24) is 24.1 Å². The molecule has 3 aromatic heterocycles. The second-order valence-corrected chi connectivity index (χ2v) is 18.0. The van der Waals surface area contributed by atoms with Crippen LogP contribution in [0.1, 0.15) is 0 Å². The van der Waals surface area contributed by atoms with Crippen molar-refractivity contribution >= 4 is 65.2 Å². The van der Waals surface area contributed by atoms with Gasteiger partial charge in [0.25, 0.3) is 0 Å². The molecule has 3 heterocycles. The third-order valence-corrected chi connectivity index (χ3v) is 13.9. The fraction of sp³-hybridized carbons (Fsp3) is 0. The molecule has 0 saturated heterocycles. The highest BCUT2D eigenvalue weighted by molar-refractivity contribution is 6.24. The lowest BCUT2D eigenvalue weighted by Gasteiger charge is -2.16. The topological polar surface area (TPSA) is 48.5 Å². The minimum Gasteiger partial charge on any atom is -0.309 e. The Morgan fingerprint density at radius 3 is 1.39 bits per heavy atom. The number of benzene rings is 11. The lowest BCUT2D eigenvalue weighted by molar-refractivity contribution is 1.07. The number of hydrogen-bond acceptors (Lipinski definition) is 3. The van der Waals surface area contributed by atoms with Gasteiger partial charge >= 0.3 is 0 Å². The van der Waals surface area contributed by atoms with E-state index in [-0.39, 0.29) is 0 Å². The maximum atomic E-state index is 5.22. The highest BCUT2D eigenvalue weighted by Gasteiger charge is 2.24. The van der Waals surface area contributed by atoms with Crippen molar-refractivity contribution in [3.63, 3.8) is 0 Å². The number of fused-ring (bicyclic) bond motifs is 9. The highest BCUT2D eigenvalue weighted by atomic mass is 15.0. The zero-order valence-corrected chi connectivity index (χ0v) is 37.9. The Labute approximate surface area is 403 Å². The zero-order chi connectivity index (χ0) is 46.1. The van der Waals surface area contributed by atoms with Gasteiger partial charge in [-0.1, -0.05) is 194 Å². The molecular weight excluding hydrogens is 851 g/mol. The first kappa shape index (κ1) is 39.7. The molecule has 0 spiro atoms. The molecule has 0 radical (unpaired) electrons. The van der Waals surface area contributed by atoms with Crippen molar-refractivity contribution < 1.29 is 0 Å². The maximum absolute atomic E-state index is 5.22. The van der Waals surface area contributed by atoms with Crippen LogP contribution < -0.4 is 0 Å². The number of para-hydroxylation sites is 2. The largest absolute Gasteiger partial charge is 0.309 e. The average molecular weight is 892 g/mol. The van der Waals surface area contributed by atoms with Gasteiger partial charge in [0.05, 0.1) is 27.8 Å². The standard InChI is InChI=1S/C65H41N5/c1-3-17-42(18-4-1)46-23-15-25-49(39-46)64-66-63(67-65(68-64)50-26-16-24-47(40-50)43-19-5-2-6-20-43)45-33-36-51(37-34-45)69-58-32-14-12-30-56(58)60-59(69)41-48-22-8-10-28-53(48)62(60)70-57-31-13-11-29-54(57)55-38-35-44-21-7-9-27-52(44)61(55)70/h1-41H. The minimum absolute atomic E-state index is 0.607.